The van der Waals surface area contributed by atoms with Crippen LogP contribution in [0.3, 0.4) is 0 Å². The molecule has 3 aliphatic rings. The average molecular weight is 1220 g/mol. The van der Waals surface area contributed by atoms with E-state index in [1.54, 1.807) is 12.1 Å². The number of carbonyl (C=O) groups is 8. The minimum Gasteiger partial charge on any atom is -0.504 e. The molecule has 3 fully saturated rings. The van der Waals surface area contributed by atoms with Gasteiger partial charge in [-0.05, 0) is 80.4 Å². The molecule has 0 saturated carbocycles. The molecule has 29 heteroatoms. The number of aromatic nitrogens is 2. The number of nitrogens with one attached hydrogen (secondary N) is 5. The van der Waals surface area contributed by atoms with E-state index in [4.69, 9.17) is 20.3 Å². The number of phenolic OH excluding ortho intramolecular Hbond substituents is 1. The summed E-state index contributed by atoms with van der Waals surface area (Å²) < 4.78 is 11.0. The zero-order chi connectivity index (χ0) is 62.5. The first-order chi connectivity index (χ1) is 41.0. The third-order valence-corrected chi connectivity index (χ3v) is 16.0. The molecule has 86 heavy (non-hydrogen) atoms. The van der Waals surface area contributed by atoms with Crippen molar-refractivity contribution in [2.45, 2.75) is 139 Å². The second kappa shape index (κ2) is 29.9. The molecule has 0 aliphatic carbocycles. The summed E-state index contributed by atoms with van der Waals surface area (Å²) >= 11 is 1.30. The van der Waals surface area contributed by atoms with Crippen molar-refractivity contribution in [3.05, 3.63) is 77.9 Å². The van der Waals surface area contributed by atoms with Crippen molar-refractivity contribution in [1.29, 1.82) is 0 Å². The van der Waals surface area contributed by atoms with E-state index in [1.165, 1.54) is 36.5 Å². The predicted octanol–water partition coefficient (Wildman–Crippen LogP) is -2.09. The molecule has 7 amide bonds. The highest BCUT2D eigenvalue weighted by Gasteiger charge is 2.50. The van der Waals surface area contributed by atoms with Crippen LogP contribution in [0.15, 0.2) is 66.7 Å². The van der Waals surface area contributed by atoms with E-state index in [-0.39, 0.29) is 36.4 Å². The first-order valence-corrected chi connectivity index (χ1v) is 29.0. The number of unbranched alkanes of at least 4 members (excludes halogenated alkanes) is 2. The standard InChI is InChI=1S/C57H74N10O18S/c1-4-5-6-19-84-36-14-12-33(13-15-36)55-65-64-54(86-55)32-10-8-31(9-11-32)49(77)60-37-22-34(69)24-59-53(81)47-48(76)28(2)25-67(47)57(83)46(40(72)17-18-58)63-52(80)45(41(73)20-30-7-16-39(71)42(21-30)85-27-43(74)75)62-51(79)38-23-35(70)26-66(38)56(82)44(29(3)68)61-50(37)78/h7-16,21,28-29,34-35,37-38,40-41,44-48,68-73,76H,4-6,17-20,22-27,58H2,1-3H3,(H,59,81)(H,60,77)(H,61,78)(H,62,79)(H,63,80)(H,74,75)/t28-,29+,34+,35+,37-,38-,40+,41+,44-,45-,46-,47-,48-/m0/s1. The van der Waals surface area contributed by atoms with Crippen molar-refractivity contribution in [1.82, 2.24) is 46.6 Å². The number of nitrogens with two attached hydrogens (primary N) is 1. The summed E-state index contributed by atoms with van der Waals surface area (Å²) in [6, 6.07) is 5.87. The molecular weight excluding hydrogens is 1140 g/mol. The van der Waals surface area contributed by atoms with E-state index in [2.05, 4.69) is 43.7 Å². The lowest BCUT2D eigenvalue weighted by Crippen LogP contribution is -2.64. The molecule has 466 valence electrons. The van der Waals surface area contributed by atoms with E-state index in [0.717, 1.165) is 59.4 Å². The number of hydrogen-bond acceptors (Lipinski definition) is 21. The number of aliphatic hydroxyl groups excluding tert-OH is 6. The Kier molecular flexibility index (Phi) is 22.9. The topological polar surface area (TPSA) is 435 Å². The second-order valence-electron chi connectivity index (χ2n) is 21.6. The maximum absolute atomic E-state index is 14.7. The van der Waals surface area contributed by atoms with Gasteiger partial charge in [0.2, 0.25) is 35.4 Å². The van der Waals surface area contributed by atoms with Gasteiger partial charge in [0.05, 0.1) is 43.2 Å². The van der Waals surface area contributed by atoms with E-state index in [9.17, 15) is 74.1 Å². The number of β-amino-alcohol motifs (C(OH)–C–C–N with tert-alkyl or cyclic N) is 1. The molecule has 1 aromatic heterocycles. The van der Waals surface area contributed by atoms with Crippen LogP contribution in [0.4, 0.5) is 0 Å². The van der Waals surface area contributed by atoms with Gasteiger partial charge >= 0.3 is 5.97 Å². The number of carbonyl (C=O) groups excluding carboxylic acids is 7. The monoisotopic (exact) mass is 1220 g/mol. The number of aliphatic carboxylic acids is 1. The smallest absolute Gasteiger partial charge is 0.341 e. The van der Waals surface area contributed by atoms with Gasteiger partial charge in [-0.25, -0.2) is 4.79 Å². The van der Waals surface area contributed by atoms with E-state index in [1.807, 2.05) is 24.3 Å². The van der Waals surface area contributed by atoms with Crippen LogP contribution in [0.5, 0.6) is 17.2 Å². The number of nitrogens with zero attached hydrogens (tertiary/aromatic N) is 4. The number of aromatic hydroxyl groups is 1. The summed E-state index contributed by atoms with van der Waals surface area (Å²) in [6.07, 6.45) is -9.21. The molecule has 3 saturated heterocycles. The normalized spacial score (nSPS) is 25.5. The summed E-state index contributed by atoms with van der Waals surface area (Å²) in [5.41, 5.74) is 7.29. The Morgan fingerprint density at radius 2 is 1.41 bits per heavy atom. The first kappa shape index (κ1) is 65.6. The molecule has 0 unspecified atom stereocenters. The van der Waals surface area contributed by atoms with Crippen molar-refractivity contribution >= 4 is 58.7 Å². The van der Waals surface area contributed by atoms with Gasteiger partial charge in [0, 0.05) is 61.5 Å². The van der Waals surface area contributed by atoms with Gasteiger partial charge in [-0.15, -0.1) is 10.2 Å². The quantitative estimate of drug-likeness (QED) is 0.0448. The number of rotatable bonds is 19. The fraction of sp³-hybridized carbons (Fsp3) is 0.509. The van der Waals surface area contributed by atoms with Gasteiger partial charge in [0.1, 0.15) is 52.0 Å². The molecule has 0 spiro atoms. The molecule has 3 aromatic carbocycles. The summed E-state index contributed by atoms with van der Waals surface area (Å²) in [6.45, 7) is 2.67. The SMILES string of the molecule is CCCCCOc1ccc(-c2nnc(-c3ccc(C(=O)N[C@H]4C[C@@H](O)CNC(=O)[C@@H]5[C@@H](O)[C@@H](C)CN5C(=O)[C@H]([C@H](O)CCN)NC(=O)[C@H]([C@H](O)Cc5ccc(O)c(OCC(=O)O)c5)NC(=O)[C@@H]5C[C@@H](O)CN5C(=O)[C@H]([C@@H](C)O)NC4=O)cc3)s2)cc1. The van der Waals surface area contributed by atoms with Crippen LogP contribution >= 0.6 is 11.3 Å². The number of carboxylic acid groups (broad SMARTS) is 1. The number of amides is 7. The Morgan fingerprint density at radius 1 is 0.767 bits per heavy atom. The van der Waals surface area contributed by atoms with Crippen molar-refractivity contribution in [2.24, 2.45) is 11.7 Å². The molecule has 28 nitrogen and oxygen atoms in total. The predicted molar refractivity (Wildman–Crippen MR) is 306 cm³/mol. The van der Waals surface area contributed by atoms with Crippen LogP contribution in [-0.2, 0) is 40.0 Å². The number of fused-ring (bicyclic) bond motifs is 2. The fourth-order valence-electron chi connectivity index (χ4n) is 10.3. The Labute approximate surface area is 498 Å². The molecule has 4 aromatic rings. The molecule has 0 radical (unpaired) electrons. The molecule has 3 aliphatic heterocycles. The van der Waals surface area contributed by atoms with Gasteiger partial charge in [-0.3, -0.25) is 33.6 Å². The number of hydrogen-bond donors (Lipinski definition) is 14. The van der Waals surface area contributed by atoms with Crippen molar-refractivity contribution in [2.75, 3.05) is 39.4 Å². The molecule has 4 heterocycles. The van der Waals surface area contributed by atoms with Crippen LogP contribution in [0.25, 0.3) is 21.1 Å². The van der Waals surface area contributed by atoms with Crippen LogP contribution in [0, 0.1) is 5.92 Å². The van der Waals surface area contributed by atoms with Gasteiger partial charge < -0.3 is 92.4 Å². The van der Waals surface area contributed by atoms with E-state index in [0.29, 0.717) is 22.2 Å². The maximum Gasteiger partial charge on any atom is 0.341 e. The van der Waals surface area contributed by atoms with Crippen molar-refractivity contribution in [3.8, 4) is 38.4 Å². The van der Waals surface area contributed by atoms with Crippen molar-refractivity contribution < 1.29 is 88.7 Å². The van der Waals surface area contributed by atoms with Crippen LogP contribution in [0.1, 0.15) is 75.2 Å². The summed E-state index contributed by atoms with van der Waals surface area (Å²) in [4.78, 5) is 114. The van der Waals surface area contributed by atoms with Crippen molar-refractivity contribution in [3.63, 3.8) is 0 Å². The molecular formula is C57H74N10O18S. The lowest BCUT2D eigenvalue weighted by atomic mass is 9.98. The lowest BCUT2D eigenvalue weighted by molar-refractivity contribution is -0.147. The minimum atomic E-state index is -2.12. The number of ether oxygens (including phenoxy) is 2. The Morgan fingerprint density at radius 3 is 2.05 bits per heavy atom. The van der Waals surface area contributed by atoms with E-state index >= 15 is 0 Å². The van der Waals surface area contributed by atoms with Gasteiger partial charge in [0.25, 0.3) is 5.91 Å². The Hall–Kier alpha value is -7.90. The van der Waals surface area contributed by atoms with Crippen LogP contribution in [0.2, 0.25) is 0 Å². The highest BCUT2D eigenvalue weighted by molar-refractivity contribution is 7.17. The minimum absolute atomic E-state index is 0.0203. The number of carboxylic acids is 1. The zero-order valence-corrected chi connectivity index (χ0v) is 48.3. The van der Waals surface area contributed by atoms with E-state index < -0.39 is 171 Å². The molecule has 15 N–H and O–H groups in total. The highest BCUT2D eigenvalue weighted by atomic mass is 32.1. The van der Waals surface area contributed by atoms with Crippen LogP contribution in [-0.4, -0.2) is 220 Å². The summed E-state index contributed by atoms with van der Waals surface area (Å²) in [5, 5.41) is 110. The van der Waals surface area contributed by atoms with Gasteiger partial charge in [0.15, 0.2) is 18.1 Å². The summed E-state index contributed by atoms with van der Waals surface area (Å²) in [7, 11) is 0. The fourth-order valence-corrected chi connectivity index (χ4v) is 11.1. The molecule has 0 bridgehead atoms. The zero-order valence-electron chi connectivity index (χ0n) is 47.5. The first-order valence-electron chi connectivity index (χ1n) is 28.2. The number of phenols is 1. The third kappa shape index (κ3) is 16.5. The lowest BCUT2D eigenvalue weighted by Gasteiger charge is -2.34. The maximum atomic E-state index is 14.7. The Balaban J connectivity index is 1.18. The average Bonchev–Trinajstić information content (AvgIpc) is 2.37. The highest BCUT2D eigenvalue weighted by Crippen LogP contribution is 2.32. The number of aliphatic hydroxyl groups is 6. The van der Waals surface area contributed by atoms with Gasteiger partial charge in [-0.2, -0.15) is 0 Å². The number of benzene rings is 3. The Bertz CT molecular complexity index is 3040. The third-order valence-electron chi connectivity index (χ3n) is 15.0. The largest absolute Gasteiger partial charge is 0.504 e. The second-order valence-corrected chi connectivity index (χ2v) is 22.6. The summed E-state index contributed by atoms with van der Waals surface area (Å²) in [5.74, 6) is -10.1. The van der Waals surface area contributed by atoms with Crippen LogP contribution < -0.4 is 41.8 Å². The molecule has 7 rings (SSSR count). The molecule has 13 atom stereocenters. The van der Waals surface area contributed by atoms with Gasteiger partial charge in [-0.1, -0.05) is 56.2 Å².